The Labute approximate surface area is 151 Å². The standard InChI is InChI=1S/C18H25F3N2O3/c1-12-11-14(22-7-9-26-10-8-22)23(6-2-5-18(19,20)21)16(13-3-4-13)15(12)17(24)25/h11,13,16H,2-10H2,1H3,(H,24,25). The van der Waals surface area contributed by atoms with E-state index in [0.717, 1.165) is 18.7 Å². The molecule has 2 fully saturated rings. The zero-order chi connectivity index (χ0) is 18.9. The fourth-order valence-electron chi connectivity index (χ4n) is 3.85. The van der Waals surface area contributed by atoms with E-state index in [2.05, 4.69) is 4.90 Å². The predicted octanol–water partition coefficient (Wildman–Crippen LogP) is 3.00. The molecule has 0 aromatic carbocycles. The van der Waals surface area contributed by atoms with Crippen molar-refractivity contribution in [2.45, 2.75) is 44.8 Å². The van der Waals surface area contributed by atoms with Crippen LogP contribution in [0.25, 0.3) is 0 Å². The first kappa shape index (κ1) is 19.1. The van der Waals surface area contributed by atoms with Gasteiger partial charge < -0.3 is 19.6 Å². The minimum Gasteiger partial charge on any atom is -0.478 e. The monoisotopic (exact) mass is 374 g/mol. The number of aliphatic carboxylic acids is 1. The largest absolute Gasteiger partial charge is 0.478 e. The van der Waals surface area contributed by atoms with Crippen LogP contribution >= 0.6 is 0 Å². The lowest BCUT2D eigenvalue weighted by Crippen LogP contribution is -2.50. The minimum atomic E-state index is -4.20. The number of carbonyl (C=O) groups is 1. The quantitative estimate of drug-likeness (QED) is 0.775. The average molecular weight is 374 g/mol. The summed E-state index contributed by atoms with van der Waals surface area (Å²) in [6, 6.07) is -0.344. The Balaban J connectivity index is 1.88. The smallest absolute Gasteiger partial charge is 0.389 e. The first-order valence-corrected chi connectivity index (χ1v) is 9.10. The average Bonchev–Trinajstić information content (AvgIpc) is 3.39. The maximum Gasteiger partial charge on any atom is 0.389 e. The van der Waals surface area contributed by atoms with E-state index < -0.39 is 18.6 Å². The van der Waals surface area contributed by atoms with Crippen LogP contribution in [0.3, 0.4) is 0 Å². The summed E-state index contributed by atoms with van der Waals surface area (Å²) in [6.07, 6.45) is -1.44. The van der Waals surface area contributed by atoms with Crippen molar-refractivity contribution in [1.82, 2.24) is 9.80 Å². The number of alkyl halides is 3. The van der Waals surface area contributed by atoms with Gasteiger partial charge in [0.05, 0.1) is 24.8 Å². The molecule has 8 heteroatoms. The van der Waals surface area contributed by atoms with Crippen molar-refractivity contribution >= 4 is 5.97 Å². The van der Waals surface area contributed by atoms with E-state index in [4.69, 9.17) is 4.74 Å². The Bertz CT molecular complexity index is 605. The van der Waals surface area contributed by atoms with Gasteiger partial charge in [-0.3, -0.25) is 0 Å². The number of carboxylic acids is 1. The summed E-state index contributed by atoms with van der Waals surface area (Å²) in [7, 11) is 0. The Hall–Kier alpha value is -1.70. The number of morpholine rings is 1. The number of carboxylic acid groups (broad SMARTS) is 1. The van der Waals surface area contributed by atoms with Gasteiger partial charge in [0.2, 0.25) is 0 Å². The molecule has 1 saturated carbocycles. The minimum absolute atomic E-state index is 0.0413. The SMILES string of the molecule is CC1=C(C(=O)O)C(C2CC2)N(CCCC(F)(F)F)C(N2CCOCC2)=C1. The second-order valence-corrected chi connectivity index (χ2v) is 7.20. The summed E-state index contributed by atoms with van der Waals surface area (Å²) < 4.78 is 43.3. The van der Waals surface area contributed by atoms with Gasteiger partial charge in [-0.25, -0.2) is 4.79 Å². The van der Waals surface area contributed by atoms with Gasteiger partial charge in [-0.1, -0.05) is 0 Å². The fraction of sp³-hybridized carbons (Fsp3) is 0.722. The number of halogens is 3. The lowest BCUT2D eigenvalue weighted by molar-refractivity contribution is -0.137. The fourth-order valence-corrected chi connectivity index (χ4v) is 3.85. The molecule has 1 aliphatic carbocycles. The molecule has 2 heterocycles. The van der Waals surface area contributed by atoms with Gasteiger partial charge in [-0.05, 0) is 43.8 Å². The van der Waals surface area contributed by atoms with Crippen LogP contribution in [0.4, 0.5) is 13.2 Å². The summed E-state index contributed by atoms with van der Waals surface area (Å²) in [6.45, 7) is 4.44. The highest BCUT2D eigenvalue weighted by molar-refractivity contribution is 5.90. The third-order valence-electron chi connectivity index (χ3n) is 5.19. The van der Waals surface area contributed by atoms with Crippen molar-refractivity contribution < 1.29 is 27.8 Å². The molecular formula is C18H25F3N2O3. The van der Waals surface area contributed by atoms with Gasteiger partial charge in [0.25, 0.3) is 0 Å². The van der Waals surface area contributed by atoms with Gasteiger partial charge in [-0.2, -0.15) is 13.2 Å². The van der Waals surface area contributed by atoms with Gasteiger partial charge in [-0.15, -0.1) is 0 Å². The van der Waals surface area contributed by atoms with E-state index in [0.29, 0.717) is 37.4 Å². The summed E-state index contributed by atoms with van der Waals surface area (Å²) in [5.41, 5.74) is 1.03. The first-order valence-electron chi connectivity index (χ1n) is 9.10. The third-order valence-corrected chi connectivity index (χ3v) is 5.19. The maximum atomic E-state index is 12.6. The molecule has 0 spiro atoms. The Morgan fingerprint density at radius 1 is 1.31 bits per heavy atom. The predicted molar refractivity (Wildman–Crippen MR) is 89.3 cm³/mol. The molecule has 0 bridgehead atoms. The molecule has 0 amide bonds. The highest BCUT2D eigenvalue weighted by atomic mass is 19.4. The van der Waals surface area contributed by atoms with Crippen molar-refractivity contribution in [2.24, 2.45) is 5.92 Å². The normalized spacial score (nSPS) is 24.8. The Kier molecular flexibility index (Phi) is 5.50. The molecule has 3 rings (SSSR count). The molecule has 5 nitrogen and oxygen atoms in total. The van der Waals surface area contributed by atoms with E-state index in [1.807, 2.05) is 11.0 Å². The molecule has 1 atom stereocenters. The zero-order valence-electron chi connectivity index (χ0n) is 14.9. The summed E-state index contributed by atoms with van der Waals surface area (Å²) >= 11 is 0. The number of ether oxygens (including phenoxy) is 1. The number of hydrogen-bond acceptors (Lipinski definition) is 4. The number of nitrogens with zero attached hydrogens (tertiary/aromatic N) is 2. The molecule has 0 aromatic rings. The highest BCUT2D eigenvalue weighted by Gasteiger charge is 2.44. The van der Waals surface area contributed by atoms with Crippen LogP contribution in [0.15, 0.2) is 23.0 Å². The van der Waals surface area contributed by atoms with Crippen LogP contribution in [0.1, 0.15) is 32.6 Å². The molecule has 3 aliphatic rings. The molecule has 26 heavy (non-hydrogen) atoms. The molecular weight excluding hydrogens is 349 g/mol. The molecule has 0 radical (unpaired) electrons. The van der Waals surface area contributed by atoms with E-state index in [1.54, 1.807) is 6.92 Å². The Morgan fingerprint density at radius 3 is 2.50 bits per heavy atom. The summed E-state index contributed by atoms with van der Waals surface area (Å²) in [5, 5.41) is 9.70. The van der Waals surface area contributed by atoms with Gasteiger partial charge >= 0.3 is 12.1 Å². The second kappa shape index (κ2) is 7.50. The molecule has 146 valence electrons. The van der Waals surface area contributed by atoms with Gasteiger partial charge in [0.1, 0.15) is 5.82 Å². The van der Waals surface area contributed by atoms with E-state index >= 15 is 0 Å². The van der Waals surface area contributed by atoms with Crippen LogP contribution in [-0.2, 0) is 9.53 Å². The van der Waals surface area contributed by atoms with Gasteiger partial charge in [0, 0.05) is 26.1 Å². The summed E-state index contributed by atoms with van der Waals surface area (Å²) in [4.78, 5) is 15.9. The van der Waals surface area contributed by atoms with Crippen molar-refractivity contribution in [3.63, 3.8) is 0 Å². The van der Waals surface area contributed by atoms with E-state index in [9.17, 15) is 23.1 Å². The number of rotatable bonds is 6. The lowest BCUT2D eigenvalue weighted by Gasteiger charge is -2.45. The topological polar surface area (TPSA) is 53.0 Å². The second-order valence-electron chi connectivity index (χ2n) is 7.20. The molecule has 1 saturated heterocycles. The van der Waals surface area contributed by atoms with Crippen LogP contribution in [0, 0.1) is 5.92 Å². The summed E-state index contributed by atoms with van der Waals surface area (Å²) in [5.74, 6) is 0.0686. The third kappa shape index (κ3) is 4.34. The van der Waals surface area contributed by atoms with Gasteiger partial charge in [0.15, 0.2) is 0 Å². The Morgan fingerprint density at radius 2 is 1.96 bits per heavy atom. The van der Waals surface area contributed by atoms with E-state index in [-0.39, 0.29) is 24.9 Å². The highest BCUT2D eigenvalue weighted by Crippen LogP contribution is 2.44. The number of allylic oxidation sites excluding steroid dienone is 2. The number of hydrogen-bond donors (Lipinski definition) is 1. The first-order chi connectivity index (χ1) is 12.3. The van der Waals surface area contributed by atoms with Crippen LogP contribution in [0.5, 0.6) is 0 Å². The van der Waals surface area contributed by atoms with E-state index in [1.165, 1.54) is 0 Å². The molecule has 1 unspecified atom stereocenters. The van der Waals surface area contributed by atoms with Crippen molar-refractivity contribution in [3.8, 4) is 0 Å². The van der Waals surface area contributed by atoms with Crippen LogP contribution in [0.2, 0.25) is 0 Å². The molecule has 1 N–H and O–H groups in total. The van der Waals surface area contributed by atoms with Crippen molar-refractivity contribution in [3.05, 3.63) is 23.0 Å². The van der Waals surface area contributed by atoms with Crippen molar-refractivity contribution in [1.29, 1.82) is 0 Å². The lowest BCUT2D eigenvalue weighted by atomic mass is 9.92. The zero-order valence-corrected chi connectivity index (χ0v) is 14.9. The maximum absolute atomic E-state index is 12.6. The molecule has 0 aromatic heterocycles. The van der Waals surface area contributed by atoms with Crippen molar-refractivity contribution in [2.75, 3.05) is 32.8 Å². The molecule has 2 aliphatic heterocycles. The van der Waals surface area contributed by atoms with Crippen LogP contribution < -0.4 is 0 Å². The van der Waals surface area contributed by atoms with Crippen LogP contribution in [-0.4, -0.2) is 65.9 Å².